The Morgan fingerprint density at radius 1 is 1.42 bits per heavy atom. The number of nitrogens with zero attached hydrogens (tertiary/aromatic N) is 2. The number of imide groups is 1. The normalized spacial score (nSPS) is 10.5. The molecule has 19 heavy (non-hydrogen) atoms. The van der Waals surface area contributed by atoms with Crippen molar-refractivity contribution in [2.75, 3.05) is 5.75 Å². The minimum atomic E-state index is -0.827. The van der Waals surface area contributed by atoms with Crippen molar-refractivity contribution in [3.8, 4) is 0 Å². The van der Waals surface area contributed by atoms with Crippen LogP contribution in [0.1, 0.15) is 31.2 Å². The number of amides is 3. The third-order valence-corrected chi connectivity index (χ3v) is 3.73. The van der Waals surface area contributed by atoms with Crippen LogP contribution in [-0.2, 0) is 11.3 Å². The molecule has 3 N–H and O–H groups in total. The van der Waals surface area contributed by atoms with Gasteiger partial charge in [-0.1, -0.05) is 25.1 Å². The summed E-state index contributed by atoms with van der Waals surface area (Å²) in [7, 11) is 0. The Bertz CT molecular complexity index is 471. The molecule has 0 bridgehead atoms. The van der Waals surface area contributed by atoms with E-state index in [4.69, 9.17) is 5.73 Å². The third-order valence-electron chi connectivity index (χ3n) is 2.75. The quantitative estimate of drug-likeness (QED) is 0.776. The van der Waals surface area contributed by atoms with E-state index in [1.54, 1.807) is 0 Å². The number of carbonyl (C=O) groups excluding carboxylic acids is 2. The van der Waals surface area contributed by atoms with E-state index in [0.29, 0.717) is 0 Å². The number of unbranched alkanes of at least 4 members (excludes halogenated alkanes) is 1. The van der Waals surface area contributed by atoms with E-state index in [-0.39, 0.29) is 5.75 Å². The van der Waals surface area contributed by atoms with Crippen molar-refractivity contribution in [1.82, 2.24) is 14.9 Å². The Balaban J connectivity index is 2.69. The van der Waals surface area contributed by atoms with E-state index in [0.717, 1.165) is 35.9 Å². The first kappa shape index (κ1) is 15.6. The van der Waals surface area contributed by atoms with Crippen molar-refractivity contribution in [3.63, 3.8) is 0 Å². The topological polar surface area (TPSA) is 90.0 Å². The molecule has 1 aromatic rings. The molecule has 3 amide bonds. The molecule has 7 heteroatoms. The zero-order valence-electron chi connectivity index (χ0n) is 11.5. The number of hydrogen-bond donors (Lipinski definition) is 2. The van der Waals surface area contributed by atoms with Gasteiger partial charge in [-0.25, -0.2) is 9.78 Å². The Morgan fingerprint density at radius 3 is 2.68 bits per heavy atom. The summed E-state index contributed by atoms with van der Waals surface area (Å²) in [5.74, 6) is -0.275. The number of rotatable bonds is 6. The van der Waals surface area contributed by atoms with Crippen LogP contribution in [0.2, 0.25) is 0 Å². The molecule has 0 aliphatic carbocycles. The molecule has 0 atom stereocenters. The molecule has 0 aromatic carbocycles. The van der Waals surface area contributed by atoms with Gasteiger partial charge in [-0.2, -0.15) is 0 Å². The first-order valence-corrected chi connectivity index (χ1v) is 7.20. The fourth-order valence-corrected chi connectivity index (χ4v) is 2.53. The van der Waals surface area contributed by atoms with Crippen molar-refractivity contribution in [2.24, 2.45) is 5.73 Å². The maximum Gasteiger partial charge on any atom is 0.318 e. The van der Waals surface area contributed by atoms with Crippen molar-refractivity contribution >= 4 is 23.7 Å². The molecule has 0 saturated heterocycles. The minimum Gasteiger partial charge on any atom is -0.351 e. The molecule has 1 heterocycles. The lowest BCUT2D eigenvalue weighted by Crippen LogP contribution is -2.36. The first-order valence-electron chi connectivity index (χ1n) is 6.21. The minimum absolute atomic E-state index is 0.130. The van der Waals surface area contributed by atoms with Gasteiger partial charge in [0.25, 0.3) is 0 Å². The smallest absolute Gasteiger partial charge is 0.318 e. The van der Waals surface area contributed by atoms with Crippen molar-refractivity contribution < 1.29 is 9.59 Å². The molecule has 0 unspecified atom stereocenters. The van der Waals surface area contributed by atoms with Gasteiger partial charge in [-0.3, -0.25) is 10.1 Å². The molecular formula is C12H20N4O2S. The monoisotopic (exact) mass is 284 g/mol. The maximum atomic E-state index is 11.4. The molecule has 6 nitrogen and oxygen atoms in total. The van der Waals surface area contributed by atoms with E-state index in [9.17, 15) is 9.59 Å². The number of imidazole rings is 1. The Labute approximate surface area is 117 Å². The Hall–Kier alpha value is -1.50. The summed E-state index contributed by atoms with van der Waals surface area (Å²) in [4.78, 5) is 26.4. The summed E-state index contributed by atoms with van der Waals surface area (Å²) < 4.78 is 2.11. The molecule has 0 spiro atoms. The Kier molecular flexibility index (Phi) is 5.88. The fourth-order valence-electron chi connectivity index (χ4n) is 1.62. The highest BCUT2D eigenvalue weighted by molar-refractivity contribution is 7.99. The number of carbonyl (C=O) groups is 2. The van der Waals surface area contributed by atoms with Gasteiger partial charge >= 0.3 is 6.03 Å². The standard InChI is InChI=1S/C12H20N4O2S/c1-4-5-6-16-9(3)8(2)14-12(16)19-7-10(17)15-11(13)18/h4-7H2,1-3H3,(H3,13,15,17,18). The third kappa shape index (κ3) is 4.59. The van der Waals surface area contributed by atoms with E-state index in [1.807, 2.05) is 19.2 Å². The maximum absolute atomic E-state index is 11.4. The van der Waals surface area contributed by atoms with Gasteiger partial charge in [-0.15, -0.1) is 0 Å². The van der Waals surface area contributed by atoms with Gasteiger partial charge in [-0.05, 0) is 20.3 Å². The van der Waals surface area contributed by atoms with Crippen molar-refractivity contribution in [2.45, 2.75) is 45.3 Å². The summed E-state index contributed by atoms with van der Waals surface area (Å²) in [5, 5.41) is 2.85. The highest BCUT2D eigenvalue weighted by Gasteiger charge is 2.13. The summed E-state index contributed by atoms with van der Waals surface area (Å²) >= 11 is 1.31. The second-order valence-electron chi connectivity index (χ2n) is 4.27. The number of urea groups is 1. The summed E-state index contributed by atoms with van der Waals surface area (Å²) in [6.07, 6.45) is 2.17. The zero-order chi connectivity index (χ0) is 14.4. The molecule has 1 rings (SSSR count). The van der Waals surface area contributed by atoms with Gasteiger partial charge in [0, 0.05) is 12.2 Å². The number of hydrogen-bond acceptors (Lipinski definition) is 4. The average Bonchev–Trinajstić information content (AvgIpc) is 2.59. The molecule has 0 saturated carbocycles. The molecule has 0 aliphatic rings. The highest BCUT2D eigenvalue weighted by atomic mass is 32.2. The average molecular weight is 284 g/mol. The van der Waals surface area contributed by atoms with Crippen LogP contribution in [-0.4, -0.2) is 27.2 Å². The SMILES string of the molecule is CCCCn1c(SCC(=O)NC(N)=O)nc(C)c1C. The van der Waals surface area contributed by atoms with E-state index < -0.39 is 11.9 Å². The number of nitrogens with one attached hydrogen (secondary N) is 1. The summed E-state index contributed by atoms with van der Waals surface area (Å²) in [5.41, 5.74) is 6.97. The lowest BCUT2D eigenvalue weighted by atomic mass is 10.3. The second kappa shape index (κ2) is 7.18. The van der Waals surface area contributed by atoms with Crippen molar-refractivity contribution in [3.05, 3.63) is 11.4 Å². The highest BCUT2D eigenvalue weighted by Crippen LogP contribution is 2.21. The number of primary amides is 1. The summed E-state index contributed by atoms with van der Waals surface area (Å²) in [6, 6.07) is -0.827. The van der Waals surface area contributed by atoms with Gasteiger partial charge in [0.1, 0.15) is 0 Å². The second-order valence-corrected chi connectivity index (χ2v) is 5.21. The molecule has 1 aromatic heterocycles. The molecule has 0 fully saturated rings. The van der Waals surface area contributed by atoms with E-state index in [1.165, 1.54) is 11.8 Å². The largest absolute Gasteiger partial charge is 0.351 e. The molecular weight excluding hydrogens is 264 g/mol. The zero-order valence-corrected chi connectivity index (χ0v) is 12.3. The van der Waals surface area contributed by atoms with Crippen LogP contribution in [0.15, 0.2) is 5.16 Å². The van der Waals surface area contributed by atoms with E-state index >= 15 is 0 Å². The number of aromatic nitrogens is 2. The van der Waals surface area contributed by atoms with Crippen LogP contribution in [0.25, 0.3) is 0 Å². The molecule has 106 valence electrons. The van der Waals surface area contributed by atoms with Crippen LogP contribution in [0.3, 0.4) is 0 Å². The lowest BCUT2D eigenvalue weighted by molar-refractivity contribution is -0.117. The van der Waals surface area contributed by atoms with Crippen LogP contribution >= 0.6 is 11.8 Å². The predicted octanol–water partition coefficient (Wildman–Crippen LogP) is 1.59. The van der Waals surface area contributed by atoms with Crippen LogP contribution in [0.4, 0.5) is 4.79 Å². The van der Waals surface area contributed by atoms with Crippen LogP contribution in [0, 0.1) is 13.8 Å². The van der Waals surface area contributed by atoms with Gasteiger partial charge in [0.2, 0.25) is 5.91 Å². The Morgan fingerprint density at radius 2 is 2.11 bits per heavy atom. The fraction of sp³-hybridized carbons (Fsp3) is 0.583. The lowest BCUT2D eigenvalue weighted by Gasteiger charge is -2.08. The van der Waals surface area contributed by atoms with Crippen LogP contribution < -0.4 is 11.1 Å². The van der Waals surface area contributed by atoms with Gasteiger partial charge in [0.15, 0.2) is 5.16 Å². The van der Waals surface area contributed by atoms with Gasteiger partial charge in [0.05, 0.1) is 11.4 Å². The van der Waals surface area contributed by atoms with Crippen molar-refractivity contribution in [1.29, 1.82) is 0 Å². The predicted molar refractivity (Wildman–Crippen MR) is 75.1 cm³/mol. The molecule has 0 aliphatic heterocycles. The molecule has 0 radical (unpaired) electrons. The van der Waals surface area contributed by atoms with Gasteiger partial charge < -0.3 is 10.3 Å². The number of aryl methyl sites for hydroxylation is 1. The first-order chi connectivity index (χ1) is 8.95. The van der Waals surface area contributed by atoms with Crippen LogP contribution in [0.5, 0.6) is 0 Å². The number of thioether (sulfide) groups is 1. The summed E-state index contributed by atoms with van der Waals surface area (Å²) in [6.45, 7) is 6.99. The number of nitrogens with two attached hydrogens (primary N) is 1. The van der Waals surface area contributed by atoms with E-state index in [2.05, 4.69) is 16.5 Å².